The molecule has 4 heterocycles. The minimum absolute atomic E-state index is 0.194. The summed E-state index contributed by atoms with van der Waals surface area (Å²) in [5.74, 6) is 2.32. The molecule has 3 aromatic heterocycles. The van der Waals surface area contributed by atoms with Crippen LogP contribution < -0.4 is 15.5 Å². The number of aliphatic hydroxyl groups is 1. The van der Waals surface area contributed by atoms with Gasteiger partial charge in [-0.05, 0) is 32.4 Å². The molecule has 33 heavy (non-hydrogen) atoms. The molecule has 3 aromatic rings. The molecule has 0 amide bonds. The molecule has 4 rings (SSSR count). The van der Waals surface area contributed by atoms with Gasteiger partial charge in [0.15, 0.2) is 5.13 Å². The van der Waals surface area contributed by atoms with E-state index in [0.717, 1.165) is 71.2 Å². The molecule has 0 aromatic carbocycles. The van der Waals surface area contributed by atoms with Crippen molar-refractivity contribution < 1.29 is 5.11 Å². The molecule has 0 aliphatic carbocycles. The summed E-state index contributed by atoms with van der Waals surface area (Å²) in [5.41, 5.74) is 3.80. The highest BCUT2D eigenvalue weighted by Crippen LogP contribution is 2.29. The van der Waals surface area contributed by atoms with Crippen LogP contribution in [0.5, 0.6) is 0 Å². The molecule has 0 bridgehead atoms. The molecular formula is C23H30N8OS. The summed E-state index contributed by atoms with van der Waals surface area (Å²) in [6.07, 6.45) is 3.61. The zero-order chi connectivity index (χ0) is 23.4. The number of aryl methyl sites for hydroxylation is 3. The highest BCUT2D eigenvalue weighted by molar-refractivity contribution is 7.16. The number of aliphatic hydroxyl groups excluding tert-OH is 1. The lowest BCUT2D eigenvalue weighted by molar-refractivity contribution is 0.188. The number of nitrogens with one attached hydrogen (secondary N) is 2. The van der Waals surface area contributed by atoms with Gasteiger partial charge in [0, 0.05) is 51.2 Å². The van der Waals surface area contributed by atoms with Gasteiger partial charge in [0.05, 0.1) is 28.6 Å². The monoisotopic (exact) mass is 466 g/mol. The van der Waals surface area contributed by atoms with Crippen LogP contribution in [-0.4, -0.2) is 69.3 Å². The molecule has 0 unspecified atom stereocenters. The third-order valence-electron chi connectivity index (χ3n) is 5.60. The number of hydrogen-bond donors (Lipinski definition) is 3. The van der Waals surface area contributed by atoms with Crippen LogP contribution in [0.1, 0.15) is 22.0 Å². The van der Waals surface area contributed by atoms with Gasteiger partial charge in [-0.15, -0.1) is 0 Å². The van der Waals surface area contributed by atoms with E-state index in [0.29, 0.717) is 11.6 Å². The first kappa shape index (κ1) is 23.1. The fourth-order valence-corrected chi connectivity index (χ4v) is 4.55. The van der Waals surface area contributed by atoms with Gasteiger partial charge in [-0.2, -0.15) is 0 Å². The normalized spacial score (nSPS) is 14.4. The van der Waals surface area contributed by atoms with E-state index in [1.54, 1.807) is 12.4 Å². The van der Waals surface area contributed by atoms with Crippen LogP contribution in [0.2, 0.25) is 0 Å². The third kappa shape index (κ3) is 5.65. The summed E-state index contributed by atoms with van der Waals surface area (Å²) in [6.45, 7) is 14.6. The molecule has 0 spiro atoms. The number of pyridine rings is 1. The largest absolute Gasteiger partial charge is 0.395 e. The number of β-amino-alcohol motifs (C(OH)–C–C–N with tert-alkyl or cyclic N) is 1. The highest BCUT2D eigenvalue weighted by Gasteiger charge is 2.19. The lowest BCUT2D eigenvalue weighted by atomic mass is 10.2. The van der Waals surface area contributed by atoms with E-state index in [1.165, 1.54) is 11.3 Å². The van der Waals surface area contributed by atoms with Gasteiger partial charge in [0.25, 0.3) is 0 Å². The lowest BCUT2D eigenvalue weighted by Gasteiger charge is -2.35. The number of anilines is 4. The van der Waals surface area contributed by atoms with Gasteiger partial charge in [-0.1, -0.05) is 17.9 Å². The lowest BCUT2D eigenvalue weighted by Crippen LogP contribution is -2.47. The van der Waals surface area contributed by atoms with E-state index in [1.807, 2.05) is 32.9 Å². The Labute approximate surface area is 198 Å². The zero-order valence-corrected chi connectivity index (χ0v) is 20.1. The van der Waals surface area contributed by atoms with Gasteiger partial charge in [0.1, 0.15) is 17.5 Å². The van der Waals surface area contributed by atoms with Crippen LogP contribution >= 0.6 is 11.3 Å². The van der Waals surface area contributed by atoms with E-state index in [2.05, 4.69) is 46.9 Å². The van der Waals surface area contributed by atoms with Crippen molar-refractivity contribution >= 4 is 39.5 Å². The Morgan fingerprint density at radius 3 is 2.67 bits per heavy atom. The first-order valence-electron chi connectivity index (χ1n) is 11.0. The minimum Gasteiger partial charge on any atom is -0.395 e. The Morgan fingerprint density at radius 1 is 1.15 bits per heavy atom. The predicted molar refractivity (Wildman–Crippen MR) is 134 cm³/mol. The highest BCUT2D eigenvalue weighted by atomic mass is 32.1. The summed E-state index contributed by atoms with van der Waals surface area (Å²) in [4.78, 5) is 23.5. The molecule has 10 heteroatoms. The second kappa shape index (κ2) is 10.2. The summed E-state index contributed by atoms with van der Waals surface area (Å²) >= 11 is 1.51. The maximum atomic E-state index is 9.15. The van der Waals surface area contributed by atoms with Gasteiger partial charge in [0.2, 0.25) is 0 Å². The number of hydrogen-bond acceptors (Lipinski definition) is 10. The smallest absolute Gasteiger partial charge is 0.188 e. The molecule has 1 aliphatic rings. The summed E-state index contributed by atoms with van der Waals surface area (Å²) in [5, 5.41) is 16.6. The van der Waals surface area contributed by atoms with Gasteiger partial charge in [-0.3, -0.25) is 9.88 Å². The molecule has 3 N–H and O–H groups in total. The van der Waals surface area contributed by atoms with E-state index in [-0.39, 0.29) is 6.61 Å². The Hall–Kier alpha value is -3.08. The second-order valence-electron chi connectivity index (χ2n) is 8.06. The van der Waals surface area contributed by atoms with Crippen molar-refractivity contribution in [3.05, 3.63) is 53.1 Å². The van der Waals surface area contributed by atoms with Crippen LogP contribution in [0.25, 0.3) is 5.70 Å². The molecule has 1 fully saturated rings. The summed E-state index contributed by atoms with van der Waals surface area (Å²) in [7, 11) is 0. The number of thiazole rings is 1. The van der Waals surface area contributed by atoms with Gasteiger partial charge < -0.3 is 20.6 Å². The Balaban J connectivity index is 1.43. The molecular weight excluding hydrogens is 436 g/mol. The van der Waals surface area contributed by atoms with Crippen molar-refractivity contribution in [2.75, 3.05) is 54.9 Å². The first-order valence-corrected chi connectivity index (χ1v) is 11.8. The topological polar surface area (TPSA) is 102 Å². The minimum atomic E-state index is 0.194. The molecule has 0 saturated carbocycles. The zero-order valence-electron chi connectivity index (χ0n) is 19.3. The van der Waals surface area contributed by atoms with Gasteiger partial charge in [-0.25, -0.2) is 15.0 Å². The summed E-state index contributed by atoms with van der Waals surface area (Å²) < 4.78 is 0. The predicted octanol–water partition coefficient (Wildman–Crippen LogP) is 3.19. The van der Waals surface area contributed by atoms with E-state index >= 15 is 0 Å². The van der Waals surface area contributed by atoms with Crippen LogP contribution in [0.4, 0.5) is 22.5 Å². The van der Waals surface area contributed by atoms with Crippen molar-refractivity contribution in [1.82, 2.24) is 24.8 Å². The van der Waals surface area contributed by atoms with Crippen LogP contribution in [-0.2, 0) is 0 Å². The van der Waals surface area contributed by atoms with Crippen LogP contribution in [0.15, 0.2) is 31.1 Å². The van der Waals surface area contributed by atoms with E-state index in [9.17, 15) is 0 Å². The Kier molecular flexibility index (Phi) is 7.17. The Morgan fingerprint density at radius 2 is 1.94 bits per heavy atom. The Bertz CT molecular complexity index is 1100. The fourth-order valence-electron chi connectivity index (χ4n) is 3.80. The second-order valence-corrected chi connectivity index (χ2v) is 9.09. The molecule has 0 atom stereocenters. The van der Waals surface area contributed by atoms with Crippen LogP contribution in [0, 0.1) is 20.8 Å². The van der Waals surface area contributed by atoms with Crippen molar-refractivity contribution in [1.29, 1.82) is 0 Å². The van der Waals surface area contributed by atoms with Crippen molar-refractivity contribution in [2.45, 2.75) is 20.8 Å². The maximum absolute atomic E-state index is 9.15. The van der Waals surface area contributed by atoms with Gasteiger partial charge >= 0.3 is 0 Å². The van der Waals surface area contributed by atoms with Crippen molar-refractivity contribution in [2.24, 2.45) is 0 Å². The standard InChI is InChI=1S/C23H30N8OS/c1-15-5-6-24-17(3)22(15)26-16(2)19-14-25-23(33-19)29-20-13-21(28-18(4)27-20)31-9-7-30(8-10-31)11-12-32/h5-6,13-14,26,32H,2,7-12H2,1,3-4H3,(H,25,27,28,29). The average molecular weight is 467 g/mol. The maximum Gasteiger partial charge on any atom is 0.188 e. The third-order valence-corrected chi connectivity index (χ3v) is 6.57. The van der Waals surface area contributed by atoms with Crippen molar-refractivity contribution in [3.8, 4) is 0 Å². The van der Waals surface area contributed by atoms with E-state index in [4.69, 9.17) is 5.11 Å². The first-order chi connectivity index (χ1) is 15.9. The molecule has 174 valence electrons. The summed E-state index contributed by atoms with van der Waals surface area (Å²) in [6, 6.07) is 3.94. The fraction of sp³-hybridized carbons (Fsp3) is 0.391. The SMILES string of the molecule is C=C(Nc1c(C)ccnc1C)c1cnc(Nc2cc(N3CCN(CCO)CC3)nc(C)n2)s1. The molecule has 0 radical (unpaired) electrons. The molecule has 9 nitrogen and oxygen atoms in total. The average Bonchev–Trinajstić information content (AvgIpc) is 3.25. The van der Waals surface area contributed by atoms with Crippen LogP contribution in [0.3, 0.4) is 0 Å². The number of rotatable bonds is 8. The number of nitrogens with zero attached hydrogens (tertiary/aromatic N) is 6. The molecule has 1 aliphatic heterocycles. The van der Waals surface area contributed by atoms with Crippen molar-refractivity contribution in [3.63, 3.8) is 0 Å². The molecule has 1 saturated heterocycles. The van der Waals surface area contributed by atoms with E-state index < -0.39 is 0 Å². The quantitative estimate of drug-likeness (QED) is 0.462. The number of aromatic nitrogens is 4. The number of piperazine rings is 1.